The number of rotatable bonds is 10. The molecule has 4 aliphatic carbocycles. The molecular formula is C40H48N2O5. The molecule has 0 saturated heterocycles. The Labute approximate surface area is 278 Å². The van der Waals surface area contributed by atoms with Gasteiger partial charge in [-0.15, -0.1) is 6.58 Å². The molecule has 3 fully saturated rings. The molecule has 47 heavy (non-hydrogen) atoms. The molecule has 248 valence electrons. The van der Waals surface area contributed by atoms with E-state index < -0.39 is 29.9 Å². The van der Waals surface area contributed by atoms with Crippen LogP contribution in [0.1, 0.15) is 65.0 Å². The Morgan fingerprint density at radius 1 is 1.13 bits per heavy atom. The molecule has 2 aromatic carbocycles. The van der Waals surface area contributed by atoms with Crippen LogP contribution in [-0.2, 0) is 19.1 Å². The molecule has 7 nitrogen and oxygen atoms in total. The average molecular weight is 637 g/mol. The molecule has 5 aliphatic rings. The van der Waals surface area contributed by atoms with Crippen LogP contribution in [0.3, 0.4) is 0 Å². The Morgan fingerprint density at radius 2 is 1.91 bits per heavy atom. The van der Waals surface area contributed by atoms with Crippen molar-refractivity contribution in [2.24, 2.45) is 35.5 Å². The van der Waals surface area contributed by atoms with Crippen molar-refractivity contribution in [3.63, 3.8) is 0 Å². The molecule has 8 atom stereocenters. The van der Waals surface area contributed by atoms with Crippen molar-refractivity contribution in [2.75, 3.05) is 13.7 Å². The summed E-state index contributed by atoms with van der Waals surface area (Å²) in [6, 6.07) is 11.1. The summed E-state index contributed by atoms with van der Waals surface area (Å²) in [7, 11) is 1.65. The second-order valence-corrected chi connectivity index (χ2v) is 14.1. The van der Waals surface area contributed by atoms with E-state index in [4.69, 9.17) is 9.47 Å². The smallest absolute Gasteiger partial charge is 0.329 e. The third kappa shape index (κ3) is 6.29. The molecule has 7 rings (SSSR count). The summed E-state index contributed by atoms with van der Waals surface area (Å²) in [6.07, 6.45) is 13.4. The third-order valence-corrected chi connectivity index (χ3v) is 11.1. The second kappa shape index (κ2) is 13.5. The highest BCUT2D eigenvalue weighted by molar-refractivity contribution is 6.21. The average Bonchev–Trinajstić information content (AvgIpc) is 3.08. The van der Waals surface area contributed by atoms with Crippen molar-refractivity contribution in [1.82, 2.24) is 10.2 Å². The summed E-state index contributed by atoms with van der Waals surface area (Å²) in [6.45, 7) is 12.6. The normalized spacial score (nSPS) is 27.9. The molecule has 1 aliphatic heterocycles. The molecule has 6 unspecified atom stereocenters. The van der Waals surface area contributed by atoms with Gasteiger partial charge in [-0.25, -0.2) is 4.79 Å². The number of likely N-dealkylation sites (N-methyl/N-ethyl adjacent to an activating group) is 1. The van der Waals surface area contributed by atoms with E-state index >= 15 is 0 Å². The largest absolute Gasteiger partial charge is 0.497 e. The fourth-order valence-corrected chi connectivity index (χ4v) is 8.44. The van der Waals surface area contributed by atoms with Gasteiger partial charge in [-0.3, -0.25) is 9.59 Å². The van der Waals surface area contributed by atoms with E-state index in [9.17, 15) is 14.4 Å². The highest BCUT2D eigenvalue weighted by Gasteiger charge is 2.46. The predicted molar refractivity (Wildman–Crippen MR) is 184 cm³/mol. The predicted octanol–water partition coefficient (Wildman–Crippen LogP) is 7.10. The van der Waals surface area contributed by atoms with Crippen LogP contribution < -0.4 is 10.1 Å². The lowest BCUT2D eigenvalue weighted by molar-refractivity contribution is -0.162. The molecule has 1 amide bonds. The lowest BCUT2D eigenvalue weighted by Gasteiger charge is -2.49. The number of Topliss-reactive ketones (excluding diaryl/α,β-unsaturated/α-hetero) is 1. The number of hydrogen-bond donors (Lipinski definition) is 1. The van der Waals surface area contributed by atoms with Crippen LogP contribution in [0, 0.1) is 35.5 Å². The number of methoxy groups -OCH3 is 1. The Bertz CT molecular complexity index is 1650. The maximum absolute atomic E-state index is 14.3. The summed E-state index contributed by atoms with van der Waals surface area (Å²) in [4.78, 5) is 43.7. The van der Waals surface area contributed by atoms with Crippen molar-refractivity contribution in [3.05, 3.63) is 90.2 Å². The van der Waals surface area contributed by atoms with Gasteiger partial charge in [0.1, 0.15) is 17.9 Å². The summed E-state index contributed by atoms with van der Waals surface area (Å²) >= 11 is 0. The number of allylic oxidation sites excluding steroid dienone is 3. The van der Waals surface area contributed by atoms with E-state index in [0.29, 0.717) is 24.3 Å². The number of nitrogens with one attached hydrogen (secondary N) is 1. The van der Waals surface area contributed by atoms with Gasteiger partial charge < -0.3 is 19.7 Å². The number of ether oxygens (including phenoxy) is 2. The summed E-state index contributed by atoms with van der Waals surface area (Å²) in [5.74, 6) is 0.315. The van der Waals surface area contributed by atoms with Crippen molar-refractivity contribution < 1.29 is 23.9 Å². The first-order valence-electron chi connectivity index (χ1n) is 17.2. The Balaban J connectivity index is 1.31. The van der Waals surface area contributed by atoms with E-state index in [1.807, 2.05) is 69.0 Å². The van der Waals surface area contributed by atoms with Crippen LogP contribution in [-0.4, -0.2) is 48.3 Å². The van der Waals surface area contributed by atoms with Gasteiger partial charge in [-0.2, -0.15) is 0 Å². The number of hydrogen-bond acceptors (Lipinski definition) is 6. The van der Waals surface area contributed by atoms with Crippen molar-refractivity contribution in [1.29, 1.82) is 0 Å². The van der Waals surface area contributed by atoms with Crippen molar-refractivity contribution in [3.8, 4) is 5.75 Å². The monoisotopic (exact) mass is 636 g/mol. The second-order valence-electron chi connectivity index (χ2n) is 14.1. The van der Waals surface area contributed by atoms with Crippen LogP contribution in [0.5, 0.6) is 5.75 Å². The molecule has 3 saturated carbocycles. The van der Waals surface area contributed by atoms with Gasteiger partial charge in [0.2, 0.25) is 0 Å². The molecular weight excluding hydrogens is 588 g/mol. The summed E-state index contributed by atoms with van der Waals surface area (Å²) < 4.78 is 12.2. The topological polar surface area (TPSA) is 84.9 Å². The quantitative estimate of drug-likeness (QED) is 0.170. The number of esters is 1. The molecule has 1 heterocycles. The number of fused-ring (bicyclic) bond motifs is 5. The Morgan fingerprint density at radius 3 is 2.60 bits per heavy atom. The highest BCUT2D eigenvalue weighted by Crippen LogP contribution is 2.54. The van der Waals surface area contributed by atoms with E-state index in [1.165, 1.54) is 0 Å². The molecule has 0 spiro atoms. The van der Waals surface area contributed by atoms with Gasteiger partial charge in [0.15, 0.2) is 5.78 Å². The molecule has 0 aromatic heterocycles. The lowest BCUT2D eigenvalue weighted by atomic mass is 9.58. The first-order chi connectivity index (χ1) is 22.6. The zero-order valence-corrected chi connectivity index (χ0v) is 28.3. The van der Waals surface area contributed by atoms with Gasteiger partial charge in [0, 0.05) is 24.2 Å². The maximum atomic E-state index is 14.3. The SMILES string of the molecule is C=CC1CC2CCC1CC2[C@H](OC(=O)[C@@H](NC(=O)C1=CN(CC)C2C=C(C)C=CC2C1=O)C(C)C)c1cccc2ccc(OC)cc12. The van der Waals surface area contributed by atoms with Gasteiger partial charge >= 0.3 is 5.97 Å². The molecule has 2 aromatic rings. The first-order valence-corrected chi connectivity index (χ1v) is 17.2. The van der Waals surface area contributed by atoms with E-state index in [-0.39, 0.29) is 29.2 Å². The molecule has 7 heteroatoms. The minimum atomic E-state index is -0.929. The summed E-state index contributed by atoms with van der Waals surface area (Å²) in [5.41, 5.74) is 2.12. The standard InChI is InChI=1S/C40H48N2O5/c1-7-25-19-28-14-13-27(25)20-33(28)38(30-11-9-10-26-15-16-29(46-6)21-32(26)30)47-40(45)36(23(3)4)41-39(44)34-22-42(8-2)35-18-24(5)12-17-31(35)37(34)43/h7,9-12,15-18,21-23,25,27-28,31,33,35-36,38H,1,8,13-14,19-20H2,2-6H3,(H,41,44)/t25?,27?,28?,31?,33?,35?,36-,38+/m0/s1. The fourth-order valence-electron chi connectivity index (χ4n) is 8.44. The van der Waals surface area contributed by atoms with Crippen LogP contribution in [0.4, 0.5) is 0 Å². The van der Waals surface area contributed by atoms with E-state index in [0.717, 1.165) is 53.3 Å². The van der Waals surface area contributed by atoms with E-state index in [2.05, 4.69) is 36.2 Å². The van der Waals surface area contributed by atoms with Crippen molar-refractivity contribution >= 4 is 28.4 Å². The van der Waals surface area contributed by atoms with Gasteiger partial charge in [0.25, 0.3) is 5.91 Å². The summed E-state index contributed by atoms with van der Waals surface area (Å²) in [5, 5.41) is 4.97. The highest BCUT2D eigenvalue weighted by atomic mass is 16.5. The minimum absolute atomic E-state index is 0.0712. The number of carbonyl (C=O) groups is 3. The number of amides is 1. The fraction of sp³-hybridized carbons (Fsp3) is 0.475. The lowest BCUT2D eigenvalue weighted by Crippen LogP contribution is -2.51. The van der Waals surface area contributed by atoms with Gasteiger partial charge in [0.05, 0.1) is 24.6 Å². The minimum Gasteiger partial charge on any atom is -0.497 e. The Kier molecular flexibility index (Phi) is 9.45. The van der Waals surface area contributed by atoms with Gasteiger partial charge in [-0.05, 0) is 86.1 Å². The maximum Gasteiger partial charge on any atom is 0.329 e. The number of ketones is 1. The zero-order valence-electron chi connectivity index (χ0n) is 28.3. The Hall–Kier alpha value is -4.13. The molecule has 1 N–H and O–H groups in total. The van der Waals surface area contributed by atoms with E-state index in [1.54, 1.807) is 13.3 Å². The van der Waals surface area contributed by atoms with Gasteiger partial charge in [-0.1, -0.05) is 68.0 Å². The van der Waals surface area contributed by atoms with Crippen molar-refractivity contribution in [2.45, 2.75) is 71.6 Å². The molecule has 2 bridgehead atoms. The van der Waals surface area contributed by atoms with Crippen LogP contribution in [0.15, 0.2) is 84.6 Å². The number of nitrogens with zero attached hydrogens (tertiary/aromatic N) is 1. The number of carbonyl (C=O) groups excluding carboxylic acids is 3. The van der Waals surface area contributed by atoms with Crippen LogP contribution in [0.2, 0.25) is 0 Å². The molecule has 0 radical (unpaired) electrons. The first kappa shape index (κ1) is 32.8. The third-order valence-electron chi connectivity index (χ3n) is 11.1. The number of benzene rings is 2. The van der Waals surface area contributed by atoms with Crippen LogP contribution >= 0.6 is 0 Å². The zero-order chi connectivity index (χ0) is 33.4. The van der Waals surface area contributed by atoms with Crippen LogP contribution in [0.25, 0.3) is 10.8 Å².